The highest BCUT2D eigenvalue weighted by molar-refractivity contribution is 6.30. The highest BCUT2D eigenvalue weighted by Gasteiger charge is 2.19. The van der Waals surface area contributed by atoms with Gasteiger partial charge in [0.15, 0.2) is 0 Å². The molecule has 0 saturated carbocycles. The van der Waals surface area contributed by atoms with Crippen molar-refractivity contribution in [1.82, 2.24) is 0 Å². The van der Waals surface area contributed by atoms with Crippen LogP contribution in [0.5, 0.6) is 5.75 Å². The van der Waals surface area contributed by atoms with E-state index < -0.39 is 17.9 Å². The predicted octanol–water partition coefficient (Wildman–Crippen LogP) is 1.96. The molecule has 0 aliphatic rings. The molecule has 1 atom stereocenters. The molecule has 6 heteroatoms. The van der Waals surface area contributed by atoms with Crippen molar-refractivity contribution in [2.24, 2.45) is 0 Å². The molecule has 0 radical (unpaired) electrons. The third-order valence-corrected chi connectivity index (χ3v) is 2.05. The van der Waals surface area contributed by atoms with Gasteiger partial charge < -0.3 is 14.6 Å². The molecule has 0 aliphatic heterocycles. The van der Waals surface area contributed by atoms with E-state index in [1.165, 1.54) is 19.2 Å². The first kappa shape index (κ1) is 12.7. The summed E-state index contributed by atoms with van der Waals surface area (Å²) >= 11 is 5.52. The zero-order valence-electron chi connectivity index (χ0n) is 8.44. The number of carboxylic acids is 1. The summed E-state index contributed by atoms with van der Waals surface area (Å²) in [6.07, 6.45) is -1.15. The Bertz CT molecular complexity index is 383. The summed E-state index contributed by atoms with van der Waals surface area (Å²) in [6, 6.07) is 3.61. The van der Waals surface area contributed by atoms with Crippen LogP contribution in [0.2, 0.25) is 5.02 Å². The van der Waals surface area contributed by atoms with Gasteiger partial charge in [-0.2, -0.15) is 0 Å². The zero-order chi connectivity index (χ0) is 12.1. The van der Waals surface area contributed by atoms with Gasteiger partial charge in [0.2, 0.25) is 6.10 Å². The number of carbonyl (C=O) groups is 1. The Hall–Kier alpha value is -1.33. The second kappa shape index (κ2) is 5.67. The number of methoxy groups -OCH3 is 1. The molecule has 0 spiro atoms. The van der Waals surface area contributed by atoms with Gasteiger partial charge in [-0.15, -0.1) is 0 Å². The van der Waals surface area contributed by atoms with Gasteiger partial charge in [-0.3, -0.25) is 0 Å². The van der Waals surface area contributed by atoms with Crippen molar-refractivity contribution in [3.8, 4) is 5.75 Å². The maximum atomic E-state index is 12.8. The van der Waals surface area contributed by atoms with Crippen molar-refractivity contribution in [3.05, 3.63) is 29.0 Å². The van der Waals surface area contributed by atoms with Crippen molar-refractivity contribution >= 4 is 17.6 Å². The molecule has 1 aromatic carbocycles. The van der Waals surface area contributed by atoms with Gasteiger partial charge in [0.05, 0.1) is 11.6 Å². The van der Waals surface area contributed by atoms with Gasteiger partial charge in [-0.25, -0.2) is 9.18 Å². The van der Waals surface area contributed by atoms with Crippen LogP contribution >= 0.6 is 11.6 Å². The van der Waals surface area contributed by atoms with Crippen LogP contribution in [0.4, 0.5) is 4.39 Å². The number of hydrogen-bond donors (Lipinski definition) is 1. The van der Waals surface area contributed by atoms with E-state index in [1.54, 1.807) is 0 Å². The fraction of sp³-hybridized carbons (Fsp3) is 0.300. The maximum absolute atomic E-state index is 12.8. The quantitative estimate of drug-likeness (QED) is 0.865. The van der Waals surface area contributed by atoms with E-state index in [0.717, 1.165) is 6.07 Å². The monoisotopic (exact) mass is 248 g/mol. The Balaban J connectivity index is 2.77. The highest BCUT2D eigenvalue weighted by atomic mass is 35.5. The van der Waals surface area contributed by atoms with Gasteiger partial charge in [-0.05, 0) is 12.1 Å². The molecular weight excluding hydrogens is 239 g/mol. The number of hydrogen-bond acceptors (Lipinski definition) is 3. The van der Waals surface area contributed by atoms with Crippen LogP contribution in [0, 0.1) is 5.82 Å². The van der Waals surface area contributed by atoms with Gasteiger partial charge in [-0.1, -0.05) is 11.6 Å². The molecule has 1 N–H and O–H groups in total. The van der Waals surface area contributed by atoms with Crippen LogP contribution in [0.1, 0.15) is 0 Å². The third-order valence-electron chi connectivity index (χ3n) is 1.76. The van der Waals surface area contributed by atoms with Crippen molar-refractivity contribution in [2.75, 3.05) is 13.7 Å². The number of aliphatic carboxylic acids is 1. The lowest BCUT2D eigenvalue weighted by atomic mass is 10.3. The number of halogens is 2. The summed E-state index contributed by atoms with van der Waals surface area (Å²) in [7, 11) is 1.36. The van der Waals surface area contributed by atoms with E-state index in [9.17, 15) is 9.18 Å². The lowest BCUT2D eigenvalue weighted by Crippen LogP contribution is -2.31. The normalized spacial score (nSPS) is 12.2. The van der Waals surface area contributed by atoms with Gasteiger partial charge in [0, 0.05) is 13.2 Å². The van der Waals surface area contributed by atoms with Crippen molar-refractivity contribution in [2.45, 2.75) is 6.10 Å². The number of ether oxygens (including phenoxy) is 2. The lowest BCUT2D eigenvalue weighted by molar-refractivity contribution is -0.147. The second-order valence-corrected chi connectivity index (χ2v) is 3.38. The minimum absolute atomic E-state index is 0.107. The molecule has 16 heavy (non-hydrogen) atoms. The average Bonchev–Trinajstić information content (AvgIpc) is 2.22. The summed E-state index contributed by atoms with van der Waals surface area (Å²) in [5.41, 5.74) is 0. The van der Waals surface area contributed by atoms with Crippen molar-refractivity contribution in [1.29, 1.82) is 0 Å². The van der Waals surface area contributed by atoms with E-state index in [0.29, 0.717) is 0 Å². The average molecular weight is 249 g/mol. The SMILES string of the molecule is COCC(Oc1ccc(F)c(Cl)c1)C(=O)O. The summed E-state index contributed by atoms with van der Waals surface area (Å²) in [5, 5.41) is 8.65. The minimum atomic E-state index is -1.16. The highest BCUT2D eigenvalue weighted by Crippen LogP contribution is 2.22. The molecule has 1 rings (SSSR count). The third kappa shape index (κ3) is 3.36. The molecule has 1 unspecified atom stereocenters. The molecular formula is C10H10ClFO4. The van der Waals surface area contributed by atoms with Crippen molar-refractivity contribution in [3.63, 3.8) is 0 Å². The molecule has 0 heterocycles. The fourth-order valence-electron chi connectivity index (χ4n) is 1.02. The number of rotatable bonds is 5. The standard InChI is InChI=1S/C10H10ClFO4/c1-15-5-9(10(13)14)16-6-2-3-8(12)7(11)4-6/h2-4,9H,5H2,1H3,(H,13,14). The summed E-state index contributed by atoms with van der Waals surface area (Å²) in [5.74, 6) is -1.58. The van der Waals surface area contributed by atoms with Gasteiger partial charge >= 0.3 is 5.97 Å². The molecule has 0 amide bonds. The largest absolute Gasteiger partial charge is 0.478 e. The second-order valence-electron chi connectivity index (χ2n) is 2.98. The molecule has 0 fully saturated rings. The summed E-state index contributed by atoms with van der Waals surface area (Å²) in [4.78, 5) is 10.7. The molecule has 0 bridgehead atoms. The van der Waals surface area contributed by atoms with E-state index in [2.05, 4.69) is 4.74 Å². The maximum Gasteiger partial charge on any atom is 0.347 e. The number of carboxylic acid groups (broad SMARTS) is 1. The Morgan fingerprint density at radius 2 is 2.31 bits per heavy atom. The Labute approximate surface area is 96.5 Å². The van der Waals surface area contributed by atoms with Crippen LogP contribution in [0.15, 0.2) is 18.2 Å². The first-order chi connectivity index (χ1) is 7.54. The van der Waals surface area contributed by atoms with Crippen LogP contribution in [0.25, 0.3) is 0 Å². The number of benzene rings is 1. The first-order valence-corrected chi connectivity index (χ1v) is 4.76. The molecule has 4 nitrogen and oxygen atoms in total. The van der Waals surface area contributed by atoms with Crippen LogP contribution in [-0.2, 0) is 9.53 Å². The van der Waals surface area contributed by atoms with Crippen LogP contribution < -0.4 is 4.74 Å². The topological polar surface area (TPSA) is 55.8 Å². The Morgan fingerprint density at radius 1 is 1.62 bits per heavy atom. The smallest absolute Gasteiger partial charge is 0.347 e. The molecule has 0 aliphatic carbocycles. The first-order valence-electron chi connectivity index (χ1n) is 4.38. The Morgan fingerprint density at radius 3 is 2.81 bits per heavy atom. The molecule has 88 valence electrons. The van der Waals surface area contributed by atoms with E-state index >= 15 is 0 Å². The van der Waals surface area contributed by atoms with Crippen molar-refractivity contribution < 1.29 is 23.8 Å². The lowest BCUT2D eigenvalue weighted by Gasteiger charge is -2.14. The van der Waals surface area contributed by atoms with E-state index in [1.807, 2.05) is 0 Å². The van der Waals surface area contributed by atoms with E-state index in [4.69, 9.17) is 21.4 Å². The van der Waals surface area contributed by atoms with Crippen LogP contribution in [0.3, 0.4) is 0 Å². The molecule has 1 aromatic rings. The van der Waals surface area contributed by atoms with Gasteiger partial charge in [0.25, 0.3) is 0 Å². The Kier molecular flexibility index (Phi) is 4.52. The zero-order valence-corrected chi connectivity index (χ0v) is 9.20. The van der Waals surface area contributed by atoms with Crippen LogP contribution in [-0.4, -0.2) is 30.9 Å². The molecule has 0 aromatic heterocycles. The molecule has 0 saturated heterocycles. The summed E-state index contributed by atoms with van der Waals surface area (Å²) in [6.45, 7) is -0.107. The predicted molar refractivity (Wildman–Crippen MR) is 55.3 cm³/mol. The fourth-order valence-corrected chi connectivity index (χ4v) is 1.19. The minimum Gasteiger partial charge on any atom is -0.478 e. The summed E-state index contributed by atoms with van der Waals surface area (Å²) < 4.78 is 22.6. The van der Waals surface area contributed by atoms with Gasteiger partial charge in [0.1, 0.15) is 11.6 Å². The van der Waals surface area contributed by atoms with E-state index in [-0.39, 0.29) is 17.4 Å².